The summed E-state index contributed by atoms with van der Waals surface area (Å²) in [4.78, 5) is 41.0. The molecule has 1 aromatic carbocycles. The number of esters is 1. The summed E-state index contributed by atoms with van der Waals surface area (Å²) in [5.41, 5.74) is 6.79. The Morgan fingerprint density at radius 1 is 1.31 bits per heavy atom. The monoisotopic (exact) mass is 396 g/mol. The second-order valence-electron chi connectivity index (χ2n) is 6.61. The maximum Gasteiger partial charge on any atom is 0.306 e. The van der Waals surface area contributed by atoms with E-state index in [9.17, 15) is 14.4 Å². The average molecular weight is 396 g/mol. The van der Waals surface area contributed by atoms with Gasteiger partial charge in [0.1, 0.15) is 17.3 Å². The Labute approximate surface area is 168 Å². The highest BCUT2D eigenvalue weighted by Gasteiger charge is 2.16. The number of ether oxygens (including phenoxy) is 1. The lowest BCUT2D eigenvalue weighted by Gasteiger charge is -2.12. The number of rotatable bonds is 9. The summed E-state index contributed by atoms with van der Waals surface area (Å²) < 4.78 is 6.60. The summed E-state index contributed by atoms with van der Waals surface area (Å²) in [6.07, 6.45) is 1.79. The summed E-state index contributed by atoms with van der Waals surface area (Å²) in [6.45, 7) is 3.48. The number of nitrogens with two attached hydrogens (primary N) is 1. The molecule has 1 aromatic heterocycles. The SMILES string of the molecule is CCCCn1c(=O)c(CCC(=O)OCC(=O)C(C#N)=C(C)N)nc2ccccc21. The Morgan fingerprint density at radius 2 is 2.03 bits per heavy atom. The minimum atomic E-state index is -0.661. The standard InChI is InChI=1S/C21H24N4O4/c1-3-4-11-25-18-8-6-5-7-16(18)24-17(21(25)28)9-10-20(27)29-13-19(26)15(12-22)14(2)23/h5-8H,3-4,9-11,13,23H2,1-2H3. The normalized spacial score (nSPS) is 11.6. The molecular formula is C21H24N4O4. The Kier molecular flexibility index (Phi) is 7.66. The van der Waals surface area contributed by atoms with Crippen molar-refractivity contribution < 1.29 is 14.3 Å². The lowest BCUT2D eigenvalue weighted by atomic mass is 10.1. The number of benzene rings is 1. The average Bonchev–Trinajstić information content (AvgIpc) is 2.70. The van der Waals surface area contributed by atoms with Crippen LogP contribution < -0.4 is 11.3 Å². The molecule has 0 atom stereocenters. The molecule has 0 aliphatic heterocycles. The van der Waals surface area contributed by atoms with Crippen LogP contribution >= 0.6 is 0 Å². The van der Waals surface area contributed by atoms with Crippen molar-refractivity contribution in [1.29, 1.82) is 5.26 Å². The third-order valence-corrected chi connectivity index (χ3v) is 4.37. The van der Waals surface area contributed by atoms with E-state index in [2.05, 4.69) is 4.98 Å². The van der Waals surface area contributed by atoms with Gasteiger partial charge in [0.25, 0.3) is 5.56 Å². The summed E-state index contributed by atoms with van der Waals surface area (Å²) in [5, 5.41) is 8.89. The largest absolute Gasteiger partial charge is 0.457 e. The molecule has 0 unspecified atom stereocenters. The number of unbranched alkanes of at least 4 members (excludes halogenated alkanes) is 1. The zero-order chi connectivity index (χ0) is 21.4. The summed E-state index contributed by atoms with van der Waals surface area (Å²) in [6, 6.07) is 9.06. The molecule has 152 valence electrons. The van der Waals surface area contributed by atoms with Gasteiger partial charge >= 0.3 is 5.97 Å². The molecule has 29 heavy (non-hydrogen) atoms. The third-order valence-electron chi connectivity index (χ3n) is 4.37. The predicted octanol–water partition coefficient (Wildman–Crippen LogP) is 2.00. The Hall–Kier alpha value is -3.47. The molecule has 8 heteroatoms. The van der Waals surface area contributed by atoms with Crippen molar-refractivity contribution in [3.05, 3.63) is 51.6 Å². The lowest BCUT2D eigenvalue weighted by Crippen LogP contribution is -2.27. The number of aryl methyl sites for hydroxylation is 2. The van der Waals surface area contributed by atoms with E-state index in [0.29, 0.717) is 12.1 Å². The number of nitriles is 1. The zero-order valence-electron chi connectivity index (χ0n) is 16.6. The number of nitrogens with zero attached hydrogens (tertiary/aromatic N) is 3. The molecule has 8 nitrogen and oxygen atoms in total. The molecule has 2 rings (SSSR count). The van der Waals surface area contributed by atoms with E-state index in [1.165, 1.54) is 6.92 Å². The van der Waals surface area contributed by atoms with Crippen LogP contribution in [-0.4, -0.2) is 27.9 Å². The number of fused-ring (bicyclic) bond motifs is 1. The first-order chi connectivity index (χ1) is 13.9. The maximum atomic E-state index is 12.8. The molecule has 0 saturated carbocycles. The number of ketones is 1. The Balaban J connectivity index is 2.10. The van der Waals surface area contributed by atoms with Gasteiger partial charge in [-0.2, -0.15) is 5.26 Å². The van der Waals surface area contributed by atoms with Gasteiger partial charge in [-0.05, 0) is 25.5 Å². The van der Waals surface area contributed by atoms with E-state index in [4.69, 9.17) is 15.7 Å². The molecule has 2 N–H and O–H groups in total. The van der Waals surface area contributed by atoms with Crippen LogP contribution in [0, 0.1) is 11.3 Å². The first-order valence-corrected chi connectivity index (χ1v) is 9.42. The van der Waals surface area contributed by atoms with E-state index in [1.807, 2.05) is 31.2 Å². The van der Waals surface area contributed by atoms with E-state index >= 15 is 0 Å². The second-order valence-corrected chi connectivity index (χ2v) is 6.61. The van der Waals surface area contributed by atoms with E-state index in [1.54, 1.807) is 10.6 Å². The molecule has 0 saturated heterocycles. The fourth-order valence-electron chi connectivity index (χ4n) is 2.83. The molecule has 1 heterocycles. The highest BCUT2D eigenvalue weighted by molar-refractivity contribution is 6.01. The van der Waals surface area contributed by atoms with Gasteiger partial charge < -0.3 is 15.0 Å². The fraction of sp³-hybridized carbons (Fsp3) is 0.381. The molecule has 0 amide bonds. The van der Waals surface area contributed by atoms with Gasteiger partial charge in [0.2, 0.25) is 5.78 Å². The van der Waals surface area contributed by atoms with Gasteiger partial charge in [-0.3, -0.25) is 14.4 Å². The minimum absolute atomic E-state index is 0.0709. The van der Waals surface area contributed by atoms with Crippen molar-refractivity contribution in [3.63, 3.8) is 0 Å². The molecule has 2 aromatic rings. The van der Waals surface area contributed by atoms with Gasteiger partial charge in [-0.15, -0.1) is 0 Å². The summed E-state index contributed by atoms with van der Waals surface area (Å²) in [5.74, 6) is -1.31. The number of allylic oxidation sites excluding steroid dienone is 1. The smallest absolute Gasteiger partial charge is 0.306 e. The van der Waals surface area contributed by atoms with Crippen LogP contribution in [0.5, 0.6) is 0 Å². The third kappa shape index (κ3) is 5.51. The predicted molar refractivity (Wildman–Crippen MR) is 108 cm³/mol. The van der Waals surface area contributed by atoms with Gasteiger partial charge in [-0.1, -0.05) is 25.5 Å². The van der Waals surface area contributed by atoms with E-state index in [-0.39, 0.29) is 35.4 Å². The zero-order valence-corrected chi connectivity index (χ0v) is 16.6. The van der Waals surface area contributed by atoms with Crippen molar-refractivity contribution in [2.45, 2.75) is 46.1 Å². The van der Waals surface area contributed by atoms with Crippen molar-refractivity contribution in [2.24, 2.45) is 5.73 Å². The van der Waals surface area contributed by atoms with Crippen molar-refractivity contribution in [3.8, 4) is 6.07 Å². The van der Waals surface area contributed by atoms with Gasteiger partial charge in [-0.25, -0.2) is 4.98 Å². The number of hydrogen-bond donors (Lipinski definition) is 1. The van der Waals surface area contributed by atoms with Crippen LogP contribution in [0.3, 0.4) is 0 Å². The van der Waals surface area contributed by atoms with Crippen LogP contribution in [0.25, 0.3) is 11.0 Å². The first kappa shape index (κ1) is 21.8. The first-order valence-electron chi connectivity index (χ1n) is 9.42. The number of Topliss-reactive ketones (excluding diaryl/α,β-unsaturated/α-hetero) is 1. The van der Waals surface area contributed by atoms with Crippen LogP contribution in [0.4, 0.5) is 0 Å². The van der Waals surface area contributed by atoms with Crippen molar-refractivity contribution >= 4 is 22.8 Å². The van der Waals surface area contributed by atoms with Crippen LogP contribution in [0.1, 0.15) is 38.8 Å². The molecule has 0 aliphatic rings. The van der Waals surface area contributed by atoms with Crippen molar-refractivity contribution in [1.82, 2.24) is 9.55 Å². The number of carbonyl (C=O) groups is 2. The van der Waals surface area contributed by atoms with Gasteiger partial charge in [0.15, 0.2) is 6.61 Å². The van der Waals surface area contributed by atoms with Crippen LogP contribution in [-0.2, 0) is 27.3 Å². The second kappa shape index (κ2) is 10.2. The van der Waals surface area contributed by atoms with E-state index in [0.717, 1.165) is 18.4 Å². The molecular weight excluding hydrogens is 372 g/mol. The number of carbonyl (C=O) groups excluding carboxylic acids is 2. The molecule has 0 radical (unpaired) electrons. The highest BCUT2D eigenvalue weighted by atomic mass is 16.5. The molecule has 0 fully saturated rings. The fourth-order valence-corrected chi connectivity index (χ4v) is 2.83. The number of para-hydroxylation sites is 2. The molecule has 0 aliphatic carbocycles. The molecule has 0 spiro atoms. The quantitative estimate of drug-likeness (QED) is 0.390. The maximum absolute atomic E-state index is 12.8. The van der Waals surface area contributed by atoms with Crippen molar-refractivity contribution in [2.75, 3.05) is 6.61 Å². The minimum Gasteiger partial charge on any atom is -0.457 e. The Morgan fingerprint density at radius 3 is 2.69 bits per heavy atom. The molecule has 0 bridgehead atoms. The lowest BCUT2D eigenvalue weighted by molar-refractivity contribution is -0.147. The van der Waals surface area contributed by atoms with Gasteiger partial charge in [0.05, 0.1) is 17.5 Å². The Bertz CT molecular complexity index is 1040. The highest BCUT2D eigenvalue weighted by Crippen LogP contribution is 2.12. The number of hydrogen-bond acceptors (Lipinski definition) is 7. The van der Waals surface area contributed by atoms with Crippen LogP contribution in [0.15, 0.2) is 40.3 Å². The summed E-state index contributed by atoms with van der Waals surface area (Å²) in [7, 11) is 0. The summed E-state index contributed by atoms with van der Waals surface area (Å²) >= 11 is 0. The topological polar surface area (TPSA) is 128 Å². The number of aromatic nitrogens is 2. The van der Waals surface area contributed by atoms with E-state index < -0.39 is 18.4 Å². The van der Waals surface area contributed by atoms with Gasteiger partial charge in [0, 0.05) is 18.7 Å². The van der Waals surface area contributed by atoms with Crippen LogP contribution in [0.2, 0.25) is 0 Å².